The Morgan fingerprint density at radius 1 is 1.32 bits per heavy atom. The maximum absolute atomic E-state index is 14.3. The van der Waals surface area contributed by atoms with Crippen LogP contribution in [0.5, 0.6) is 0 Å². The van der Waals surface area contributed by atoms with Crippen LogP contribution < -0.4 is 0 Å². The third kappa shape index (κ3) is 1.83. The van der Waals surface area contributed by atoms with Crippen LogP contribution in [0, 0.1) is 12.7 Å². The van der Waals surface area contributed by atoms with Crippen molar-refractivity contribution in [3.8, 4) is 5.82 Å². The molecule has 19 heavy (non-hydrogen) atoms. The largest absolute Gasteiger partial charge is 0.294 e. The summed E-state index contributed by atoms with van der Waals surface area (Å²) in [5.74, 6) is 0.300. The highest BCUT2D eigenvalue weighted by molar-refractivity contribution is 6.31. The lowest BCUT2D eigenvalue weighted by molar-refractivity contribution is 0.630. The number of aromatic nitrogens is 3. The first-order valence-corrected chi connectivity index (χ1v) is 6.49. The van der Waals surface area contributed by atoms with E-state index < -0.39 is 5.82 Å². The van der Waals surface area contributed by atoms with E-state index in [4.69, 9.17) is 11.6 Å². The van der Waals surface area contributed by atoms with Crippen LogP contribution in [0.2, 0.25) is 5.02 Å². The average Bonchev–Trinajstić information content (AvgIpc) is 2.97. The molecule has 0 aliphatic rings. The van der Waals surface area contributed by atoms with E-state index in [0.717, 1.165) is 17.6 Å². The molecular formula is C14H13ClFN3. The van der Waals surface area contributed by atoms with Gasteiger partial charge in [-0.25, -0.2) is 4.39 Å². The molecule has 0 aliphatic carbocycles. The molecule has 2 aromatic heterocycles. The van der Waals surface area contributed by atoms with E-state index in [1.807, 2.05) is 42.9 Å². The maximum atomic E-state index is 14.3. The van der Waals surface area contributed by atoms with Crippen LogP contribution in [-0.2, 0) is 6.54 Å². The maximum Gasteiger partial charge on any atom is 0.166 e. The first-order valence-electron chi connectivity index (χ1n) is 6.11. The molecule has 2 heterocycles. The number of benzene rings is 1. The van der Waals surface area contributed by atoms with Gasteiger partial charge in [-0.05, 0) is 26.0 Å². The molecular weight excluding hydrogens is 265 g/mol. The van der Waals surface area contributed by atoms with E-state index in [-0.39, 0.29) is 5.02 Å². The fourth-order valence-electron chi connectivity index (χ4n) is 2.31. The van der Waals surface area contributed by atoms with Gasteiger partial charge in [0.05, 0.1) is 10.5 Å². The van der Waals surface area contributed by atoms with Crippen LogP contribution in [0.1, 0.15) is 12.6 Å². The van der Waals surface area contributed by atoms with E-state index >= 15 is 0 Å². The summed E-state index contributed by atoms with van der Waals surface area (Å²) in [5.41, 5.74) is 1.41. The number of nitrogens with zero attached hydrogens (tertiary/aromatic N) is 3. The molecule has 0 bridgehead atoms. The van der Waals surface area contributed by atoms with Crippen LogP contribution >= 0.6 is 11.6 Å². The second-order valence-electron chi connectivity index (χ2n) is 4.45. The number of hydrogen-bond donors (Lipinski definition) is 0. The third-order valence-electron chi connectivity index (χ3n) is 3.22. The zero-order valence-electron chi connectivity index (χ0n) is 10.7. The predicted molar refractivity (Wildman–Crippen MR) is 74.4 cm³/mol. The van der Waals surface area contributed by atoms with Gasteiger partial charge in [0, 0.05) is 29.9 Å². The van der Waals surface area contributed by atoms with E-state index in [0.29, 0.717) is 11.3 Å². The predicted octanol–water partition coefficient (Wildman–Crippen LogP) is 3.95. The Kier molecular flexibility index (Phi) is 2.82. The Bertz CT molecular complexity index is 757. The Morgan fingerprint density at radius 2 is 2.11 bits per heavy atom. The van der Waals surface area contributed by atoms with Gasteiger partial charge in [-0.2, -0.15) is 5.10 Å². The van der Waals surface area contributed by atoms with Crippen molar-refractivity contribution in [1.82, 2.24) is 14.3 Å². The summed E-state index contributed by atoms with van der Waals surface area (Å²) in [6.45, 7) is 4.72. The Hall–Kier alpha value is -1.81. The van der Waals surface area contributed by atoms with E-state index in [2.05, 4.69) is 5.10 Å². The minimum atomic E-state index is -0.404. The van der Waals surface area contributed by atoms with Crippen molar-refractivity contribution in [3.05, 3.63) is 47.0 Å². The lowest BCUT2D eigenvalue weighted by Crippen LogP contribution is -2.01. The van der Waals surface area contributed by atoms with Crippen molar-refractivity contribution in [3.63, 3.8) is 0 Å². The van der Waals surface area contributed by atoms with Crippen LogP contribution in [0.15, 0.2) is 30.5 Å². The minimum absolute atomic E-state index is 0.127. The second-order valence-corrected chi connectivity index (χ2v) is 4.86. The van der Waals surface area contributed by atoms with Gasteiger partial charge < -0.3 is 0 Å². The van der Waals surface area contributed by atoms with Gasteiger partial charge in [0.25, 0.3) is 0 Å². The molecule has 0 fully saturated rings. The Labute approximate surface area is 115 Å². The SMILES string of the molecule is CCn1ccc(-n2c(C)cc3ccc(Cl)c(F)c32)n1. The van der Waals surface area contributed by atoms with Crippen molar-refractivity contribution in [1.29, 1.82) is 0 Å². The number of aryl methyl sites for hydroxylation is 2. The highest BCUT2D eigenvalue weighted by Gasteiger charge is 2.15. The third-order valence-corrected chi connectivity index (χ3v) is 3.51. The van der Waals surface area contributed by atoms with Crippen molar-refractivity contribution < 1.29 is 4.39 Å². The highest BCUT2D eigenvalue weighted by Crippen LogP contribution is 2.29. The van der Waals surface area contributed by atoms with Gasteiger partial charge in [-0.3, -0.25) is 9.25 Å². The van der Waals surface area contributed by atoms with Gasteiger partial charge in [0.15, 0.2) is 11.6 Å². The monoisotopic (exact) mass is 277 g/mol. The summed E-state index contributed by atoms with van der Waals surface area (Å²) >= 11 is 5.87. The lowest BCUT2D eigenvalue weighted by atomic mass is 10.2. The molecule has 0 saturated carbocycles. The first kappa shape index (κ1) is 12.2. The molecule has 0 atom stereocenters. The number of fused-ring (bicyclic) bond motifs is 1. The lowest BCUT2D eigenvalue weighted by Gasteiger charge is -2.06. The van der Waals surface area contributed by atoms with Crippen LogP contribution in [-0.4, -0.2) is 14.3 Å². The standard InChI is InChI=1S/C14H13ClFN3/c1-3-18-7-6-12(17-18)19-9(2)8-10-4-5-11(15)13(16)14(10)19/h4-8H,3H2,1-2H3. The number of halogens is 2. The van der Waals surface area contributed by atoms with Crippen LogP contribution in [0.4, 0.5) is 4.39 Å². The molecule has 98 valence electrons. The smallest absolute Gasteiger partial charge is 0.166 e. The molecule has 0 aliphatic heterocycles. The summed E-state index contributed by atoms with van der Waals surface area (Å²) in [4.78, 5) is 0. The highest BCUT2D eigenvalue weighted by atomic mass is 35.5. The van der Waals surface area contributed by atoms with Crippen molar-refractivity contribution in [2.75, 3.05) is 0 Å². The fraction of sp³-hybridized carbons (Fsp3) is 0.214. The Balaban J connectivity index is 2.33. The van der Waals surface area contributed by atoms with Gasteiger partial charge in [-0.15, -0.1) is 0 Å². The second kappa shape index (κ2) is 4.38. The molecule has 3 aromatic rings. The first-order chi connectivity index (χ1) is 9.11. The van der Waals surface area contributed by atoms with Crippen LogP contribution in [0.3, 0.4) is 0 Å². The zero-order chi connectivity index (χ0) is 13.6. The molecule has 0 spiro atoms. The number of rotatable bonds is 2. The fourth-order valence-corrected chi connectivity index (χ4v) is 2.46. The van der Waals surface area contributed by atoms with E-state index in [1.165, 1.54) is 0 Å². The van der Waals surface area contributed by atoms with Gasteiger partial charge in [0.2, 0.25) is 0 Å². The quantitative estimate of drug-likeness (QED) is 0.695. The van der Waals surface area contributed by atoms with Crippen LogP contribution in [0.25, 0.3) is 16.7 Å². The molecule has 5 heteroatoms. The average molecular weight is 278 g/mol. The topological polar surface area (TPSA) is 22.8 Å². The summed E-state index contributed by atoms with van der Waals surface area (Å²) in [7, 11) is 0. The summed E-state index contributed by atoms with van der Waals surface area (Å²) in [6, 6.07) is 7.20. The van der Waals surface area contributed by atoms with Gasteiger partial charge in [0.1, 0.15) is 0 Å². The van der Waals surface area contributed by atoms with Gasteiger partial charge >= 0.3 is 0 Å². The normalized spacial score (nSPS) is 11.4. The van der Waals surface area contributed by atoms with Gasteiger partial charge in [-0.1, -0.05) is 17.7 Å². The molecule has 0 unspecified atom stereocenters. The number of hydrogen-bond acceptors (Lipinski definition) is 1. The van der Waals surface area contributed by atoms with Crippen molar-refractivity contribution >= 4 is 22.5 Å². The van der Waals surface area contributed by atoms with E-state index in [1.54, 1.807) is 10.6 Å². The molecule has 0 saturated heterocycles. The molecule has 0 amide bonds. The van der Waals surface area contributed by atoms with E-state index in [9.17, 15) is 4.39 Å². The molecule has 0 radical (unpaired) electrons. The van der Waals surface area contributed by atoms with Crippen molar-refractivity contribution in [2.24, 2.45) is 0 Å². The molecule has 1 aromatic carbocycles. The van der Waals surface area contributed by atoms with Crippen molar-refractivity contribution in [2.45, 2.75) is 20.4 Å². The molecule has 0 N–H and O–H groups in total. The summed E-state index contributed by atoms with van der Waals surface area (Å²) in [6.07, 6.45) is 1.88. The summed E-state index contributed by atoms with van der Waals surface area (Å²) < 4.78 is 17.9. The Morgan fingerprint density at radius 3 is 2.79 bits per heavy atom. The molecule has 3 nitrogen and oxygen atoms in total. The summed E-state index contributed by atoms with van der Waals surface area (Å²) in [5, 5.41) is 5.37. The minimum Gasteiger partial charge on any atom is -0.294 e. The zero-order valence-corrected chi connectivity index (χ0v) is 11.4. The molecule has 3 rings (SSSR count).